The number of piperazine rings is 1. The topological polar surface area (TPSA) is 33.1 Å². The van der Waals surface area contributed by atoms with Crippen molar-refractivity contribution >= 4 is 0 Å². The molecular formula is C13H24N4. The zero-order chi connectivity index (χ0) is 12.5. The van der Waals surface area contributed by atoms with Crippen molar-refractivity contribution < 1.29 is 0 Å². The SMILES string of the molecule is CCn1nc(C)cc1CN1CCNC(C)(C)C1. The van der Waals surface area contributed by atoms with Gasteiger partial charge in [0.1, 0.15) is 0 Å². The van der Waals surface area contributed by atoms with Gasteiger partial charge in [0.15, 0.2) is 0 Å². The maximum absolute atomic E-state index is 4.51. The van der Waals surface area contributed by atoms with Crippen LogP contribution in [0.2, 0.25) is 0 Å². The van der Waals surface area contributed by atoms with Crippen LogP contribution in [0.15, 0.2) is 6.07 Å². The largest absolute Gasteiger partial charge is 0.309 e. The molecule has 1 aromatic heterocycles. The van der Waals surface area contributed by atoms with Crippen molar-refractivity contribution in [2.24, 2.45) is 0 Å². The number of nitrogens with one attached hydrogen (secondary N) is 1. The zero-order valence-corrected chi connectivity index (χ0v) is 11.5. The summed E-state index contributed by atoms with van der Waals surface area (Å²) in [6.07, 6.45) is 0. The number of hydrogen-bond donors (Lipinski definition) is 1. The van der Waals surface area contributed by atoms with Crippen molar-refractivity contribution in [1.29, 1.82) is 0 Å². The van der Waals surface area contributed by atoms with Gasteiger partial charge in [0, 0.05) is 38.3 Å². The summed E-state index contributed by atoms with van der Waals surface area (Å²) in [6, 6.07) is 2.21. The van der Waals surface area contributed by atoms with E-state index in [1.165, 1.54) is 5.69 Å². The molecule has 17 heavy (non-hydrogen) atoms. The number of nitrogens with zero attached hydrogens (tertiary/aromatic N) is 3. The fourth-order valence-corrected chi connectivity index (χ4v) is 2.61. The van der Waals surface area contributed by atoms with E-state index in [0.717, 1.165) is 38.4 Å². The lowest BCUT2D eigenvalue weighted by atomic mass is 10.0. The standard InChI is InChI=1S/C13H24N4/c1-5-17-12(8-11(2)15-17)9-16-7-6-14-13(3,4)10-16/h8,14H,5-7,9-10H2,1-4H3. The van der Waals surface area contributed by atoms with Crippen molar-refractivity contribution in [3.63, 3.8) is 0 Å². The Labute approximate surface area is 104 Å². The van der Waals surface area contributed by atoms with Gasteiger partial charge >= 0.3 is 0 Å². The summed E-state index contributed by atoms with van der Waals surface area (Å²) in [5, 5.41) is 8.05. The Kier molecular flexibility index (Phi) is 3.54. The molecule has 1 aliphatic heterocycles. The van der Waals surface area contributed by atoms with E-state index in [2.05, 4.69) is 53.8 Å². The normalized spacial score (nSPS) is 20.7. The van der Waals surface area contributed by atoms with Gasteiger partial charge in [0.05, 0.1) is 11.4 Å². The van der Waals surface area contributed by atoms with Crippen molar-refractivity contribution in [3.8, 4) is 0 Å². The molecule has 0 radical (unpaired) electrons. The van der Waals surface area contributed by atoms with Gasteiger partial charge < -0.3 is 5.32 Å². The Morgan fingerprint density at radius 3 is 2.88 bits per heavy atom. The van der Waals surface area contributed by atoms with E-state index in [1.54, 1.807) is 0 Å². The summed E-state index contributed by atoms with van der Waals surface area (Å²) in [5.41, 5.74) is 2.68. The molecule has 2 heterocycles. The van der Waals surface area contributed by atoms with E-state index >= 15 is 0 Å². The van der Waals surface area contributed by atoms with Crippen LogP contribution in [0.4, 0.5) is 0 Å². The van der Waals surface area contributed by atoms with Crippen LogP contribution in [0, 0.1) is 6.92 Å². The number of aromatic nitrogens is 2. The van der Waals surface area contributed by atoms with Gasteiger partial charge in [-0.25, -0.2) is 0 Å². The van der Waals surface area contributed by atoms with E-state index in [4.69, 9.17) is 0 Å². The van der Waals surface area contributed by atoms with Gasteiger partial charge in [0.2, 0.25) is 0 Å². The van der Waals surface area contributed by atoms with Gasteiger partial charge in [-0.2, -0.15) is 5.10 Å². The summed E-state index contributed by atoms with van der Waals surface area (Å²) in [4.78, 5) is 2.51. The third-order valence-corrected chi connectivity index (χ3v) is 3.32. The minimum atomic E-state index is 0.227. The van der Waals surface area contributed by atoms with Crippen LogP contribution >= 0.6 is 0 Å². The molecule has 1 fully saturated rings. The van der Waals surface area contributed by atoms with Crippen LogP contribution < -0.4 is 5.32 Å². The first kappa shape index (κ1) is 12.6. The Bertz CT molecular complexity index is 381. The first-order valence-corrected chi connectivity index (χ1v) is 6.51. The van der Waals surface area contributed by atoms with Crippen molar-refractivity contribution in [2.45, 2.75) is 46.3 Å². The maximum atomic E-state index is 4.51. The molecule has 0 amide bonds. The fourth-order valence-electron chi connectivity index (χ4n) is 2.61. The fraction of sp³-hybridized carbons (Fsp3) is 0.769. The number of rotatable bonds is 3. The van der Waals surface area contributed by atoms with Crippen LogP contribution in [0.25, 0.3) is 0 Å². The smallest absolute Gasteiger partial charge is 0.0597 e. The summed E-state index contributed by atoms with van der Waals surface area (Å²) in [6.45, 7) is 14.0. The molecule has 1 aromatic rings. The highest BCUT2D eigenvalue weighted by Crippen LogP contribution is 2.14. The van der Waals surface area contributed by atoms with E-state index in [-0.39, 0.29) is 5.54 Å². The lowest BCUT2D eigenvalue weighted by Crippen LogP contribution is -2.56. The molecule has 0 atom stereocenters. The third-order valence-electron chi connectivity index (χ3n) is 3.32. The van der Waals surface area contributed by atoms with Crippen molar-refractivity contribution in [2.75, 3.05) is 19.6 Å². The molecule has 1 N–H and O–H groups in total. The molecule has 0 saturated carbocycles. The van der Waals surface area contributed by atoms with Crippen LogP contribution in [0.5, 0.6) is 0 Å². The summed E-state index contributed by atoms with van der Waals surface area (Å²) < 4.78 is 2.12. The maximum Gasteiger partial charge on any atom is 0.0597 e. The van der Waals surface area contributed by atoms with E-state index in [9.17, 15) is 0 Å². The molecule has 0 unspecified atom stereocenters. The van der Waals surface area contributed by atoms with Gasteiger partial charge in [-0.1, -0.05) is 0 Å². The Hall–Kier alpha value is -0.870. The molecule has 4 nitrogen and oxygen atoms in total. The summed E-state index contributed by atoms with van der Waals surface area (Å²) >= 11 is 0. The van der Waals surface area contributed by atoms with Crippen LogP contribution in [0.1, 0.15) is 32.2 Å². The Balaban J connectivity index is 2.04. The molecular weight excluding hydrogens is 212 g/mol. The van der Waals surface area contributed by atoms with E-state index in [0.29, 0.717) is 0 Å². The predicted octanol–water partition coefficient (Wildman–Crippen LogP) is 1.40. The summed E-state index contributed by atoms with van der Waals surface area (Å²) in [7, 11) is 0. The predicted molar refractivity (Wildman–Crippen MR) is 70.0 cm³/mol. The van der Waals surface area contributed by atoms with Crippen molar-refractivity contribution in [3.05, 3.63) is 17.5 Å². The molecule has 0 spiro atoms. The minimum absolute atomic E-state index is 0.227. The van der Waals surface area contributed by atoms with Crippen LogP contribution in [-0.4, -0.2) is 39.9 Å². The molecule has 1 saturated heterocycles. The second-order valence-corrected chi connectivity index (χ2v) is 5.61. The van der Waals surface area contributed by atoms with Crippen LogP contribution in [-0.2, 0) is 13.1 Å². The third kappa shape index (κ3) is 3.07. The highest BCUT2D eigenvalue weighted by molar-refractivity contribution is 5.09. The van der Waals surface area contributed by atoms with Crippen LogP contribution in [0.3, 0.4) is 0 Å². The van der Waals surface area contributed by atoms with Gasteiger partial charge in [-0.05, 0) is 33.8 Å². The van der Waals surface area contributed by atoms with Gasteiger partial charge in [-0.15, -0.1) is 0 Å². The molecule has 2 rings (SSSR count). The summed E-state index contributed by atoms with van der Waals surface area (Å²) in [5.74, 6) is 0. The monoisotopic (exact) mass is 236 g/mol. The molecule has 96 valence electrons. The molecule has 0 bridgehead atoms. The number of hydrogen-bond acceptors (Lipinski definition) is 3. The van der Waals surface area contributed by atoms with Gasteiger partial charge in [-0.3, -0.25) is 9.58 Å². The molecule has 1 aliphatic rings. The Morgan fingerprint density at radius 2 is 2.24 bits per heavy atom. The second-order valence-electron chi connectivity index (χ2n) is 5.61. The average molecular weight is 236 g/mol. The quantitative estimate of drug-likeness (QED) is 0.861. The van der Waals surface area contributed by atoms with E-state index in [1.807, 2.05) is 0 Å². The lowest BCUT2D eigenvalue weighted by Gasteiger charge is -2.39. The van der Waals surface area contributed by atoms with E-state index < -0.39 is 0 Å². The molecule has 0 aliphatic carbocycles. The molecule has 4 heteroatoms. The molecule has 0 aromatic carbocycles. The highest BCUT2D eigenvalue weighted by Gasteiger charge is 2.26. The lowest BCUT2D eigenvalue weighted by molar-refractivity contribution is 0.145. The van der Waals surface area contributed by atoms with Crippen molar-refractivity contribution in [1.82, 2.24) is 20.0 Å². The van der Waals surface area contributed by atoms with Gasteiger partial charge in [0.25, 0.3) is 0 Å². The number of aryl methyl sites for hydroxylation is 2. The minimum Gasteiger partial charge on any atom is -0.309 e. The first-order chi connectivity index (χ1) is 8.00. The Morgan fingerprint density at radius 1 is 1.47 bits per heavy atom. The highest BCUT2D eigenvalue weighted by atomic mass is 15.3. The second kappa shape index (κ2) is 4.78. The average Bonchev–Trinajstić information content (AvgIpc) is 2.57. The zero-order valence-electron chi connectivity index (χ0n) is 11.5. The first-order valence-electron chi connectivity index (χ1n) is 6.51.